The molecule has 3 heterocycles. The van der Waals surface area contributed by atoms with E-state index in [0.717, 1.165) is 24.1 Å². The van der Waals surface area contributed by atoms with Gasteiger partial charge in [-0.3, -0.25) is 19.4 Å². The summed E-state index contributed by atoms with van der Waals surface area (Å²) in [7, 11) is 0. The first-order chi connectivity index (χ1) is 15.5. The molecule has 0 unspecified atom stereocenters. The van der Waals surface area contributed by atoms with Crippen molar-refractivity contribution in [2.45, 2.75) is 32.4 Å². The minimum absolute atomic E-state index is 0.0251. The van der Waals surface area contributed by atoms with Crippen LogP contribution in [0.1, 0.15) is 19.3 Å². The van der Waals surface area contributed by atoms with E-state index in [1.54, 1.807) is 17.0 Å². The van der Waals surface area contributed by atoms with E-state index >= 15 is 0 Å². The number of hydrogen-bond donors (Lipinski definition) is 1. The van der Waals surface area contributed by atoms with Crippen LogP contribution < -0.4 is 16.8 Å². The first-order valence-electron chi connectivity index (χ1n) is 10.7. The van der Waals surface area contributed by atoms with E-state index in [2.05, 4.69) is 10.1 Å². The van der Waals surface area contributed by atoms with Crippen molar-refractivity contribution in [2.75, 3.05) is 13.1 Å². The van der Waals surface area contributed by atoms with E-state index in [1.165, 1.54) is 21.5 Å². The summed E-state index contributed by atoms with van der Waals surface area (Å²) in [5.41, 5.74) is 0.621. The first kappa shape index (κ1) is 21.5. The predicted molar refractivity (Wildman–Crippen MR) is 119 cm³/mol. The second-order valence-electron chi connectivity index (χ2n) is 7.98. The van der Waals surface area contributed by atoms with Gasteiger partial charge in [-0.15, -0.1) is 0 Å². The number of hydrogen-bond acceptors (Lipinski definition) is 5. The van der Waals surface area contributed by atoms with Gasteiger partial charge in [-0.2, -0.15) is 5.10 Å². The lowest BCUT2D eigenvalue weighted by Gasteiger charge is -2.32. The molecule has 1 amide bonds. The molecular weight excluding hydrogens is 410 g/mol. The Balaban J connectivity index is 1.32. The topological polar surface area (TPSA) is 110 Å². The normalized spacial score (nSPS) is 14.4. The van der Waals surface area contributed by atoms with Gasteiger partial charge in [0.25, 0.3) is 11.1 Å². The van der Waals surface area contributed by atoms with Crippen LogP contribution in [0.3, 0.4) is 0 Å². The van der Waals surface area contributed by atoms with Crippen molar-refractivity contribution in [1.82, 2.24) is 24.2 Å². The second-order valence-corrected chi connectivity index (χ2v) is 7.98. The van der Waals surface area contributed by atoms with Crippen LogP contribution in [-0.4, -0.2) is 43.2 Å². The maximum absolute atomic E-state index is 12.5. The number of carbonyl (C=O) groups is 1. The number of nitrogens with zero attached hydrogens (tertiary/aromatic N) is 4. The Labute approximate surface area is 183 Å². The summed E-state index contributed by atoms with van der Waals surface area (Å²) in [6.45, 7) is 1.96. The Kier molecular flexibility index (Phi) is 6.44. The number of benzene rings is 1. The molecule has 4 rings (SSSR count). The number of amides is 1. The number of likely N-dealkylation sites (tertiary alicyclic amines) is 1. The van der Waals surface area contributed by atoms with Crippen molar-refractivity contribution in [1.29, 1.82) is 0 Å². The Morgan fingerprint density at radius 3 is 2.47 bits per heavy atom. The summed E-state index contributed by atoms with van der Waals surface area (Å²) in [5.74, 6) is 0.236. The Morgan fingerprint density at radius 2 is 1.75 bits per heavy atom. The number of piperidine rings is 1. The number of aromatic nitrogens is 4. The van der Waals surface area contributed by atoms with Crippen LogP contribution in [0.4, 0.5) is 0 Å². The molecule has 1 aliphatic heterocycles. The summed E-state index contributed by atoms with van der Waals surface area (Å²) in [4.78, 5) is 51.7. The SMILES string of the molecule is O=C(CCn1ccc(=O)[nH]c1=O)N1CCC(Cn2nc(-c3ccccc3)ccc2=O)CC1. The van der Waals surface area contributed by atoms with Crippen LogP contribution in [0.2, 0.25) is 0 Å². The van der Waals surface area contributed by atoms with Crippen LogP contribution >= 0.6 is 0 Å². The molecule has 1 fully saturated rings. The third-order valence-corrected chi connectivity index (χ3v) is 5.80. The number of carbonyl (C=O) groups excluding carboxylic acids is 1. The number of H-pyrrole nitrogens is 1. The average Bonchev–Trinajstić information content (AvgIpc) is 2.81. The van der Waals surface area contributed by atoms with Crippen molar-refractivity contribution < 1.29 is 4.79 Å². The van der Waals surface area contributed by atoms with Crippen molar-refractivity contribution >= 4 is 5.91 Å². The molecule has 166 valence electrons. The van der Waals surface area contributed by atoms with Gasteiger partial charge < -0.3 is 9.47 Å². The predicted octanol–water partition coefficient (Wildman–Crippen LogP) is 1.09. The molecule has 1 N–H and O–H groups in total. The molecule has 9 heteroatoms. The lowest BCUT2D eigenvalue weighted by molar-refractivity contribution is -0.132. The van der Waals surface area contributed by atoms with Gasteiger partial charge >= 0.3 is 5.69 Å². The zero-order chi connectivity index (χ0) is 22.5. The molecule has 0 atom stereocenters. The van der Waals surface area contributed by atoms with Gasteiger partial charge in [-0.1, -0.05) is 30.3 Å². The van der Waals surface area contributed by atoms with Gasteiger partial charge in [-0.25, -0.2) is 9.48 Å². The van der Waals surface area contributed by atoms with Crippen LogP contribution in [0.25, 0.3) is 11.3 Å². The third-order valence-electron chi connectivity index (χ3n) is 5.80. The zero-order valence-electron chi connectivity index (χ0n) is 17.6. The summed E-state index contributed by atoms with van der Waals surface area (Å²) in [6, 6.07) is 14.3. The standard InChI is InChI=1S/C23H25N5O4/c29-20-10-14-27(23(32)24-20)15-11-21(30)26-12-8-17(9-13-26)16-28-22(31)7-6-19(25-28)18-4-2-1-3-5-18/h1-7,10,14,17H,8-9,11-13,15-16H2,(H,24,29,32). The lowest BCUT2D eigenvalue weighted by Crippen LogP contribution is -2.41. The van der Waals surface area contributed by atoms with Gasteiger partial charge in [0.2, 0.25) is 5.91 Å². The zero-order valence-corrected chi connectivity index (χ0v) is 17.6. The minimum atomic E-state index is -0.514. The van der Waals surface area contributed by atoms with Gasteiger partial charge in [0, 0.05) is 56.5 Å². The van der Waals surface area contributed by atoms with Crippen LogP contribution in [0.15, 0.2) is 69.1 Å². The fraction of sp³-hybridized carbons (Fsp3) is 0.348. The molecule has 1 aliphatic rings. The highest BCUT2D eigenvalue weighted by atomic mass is 16.2. The van der Waals surface area contributed by atoms with Crippen LogP contribution in [0, 0.1) is 5.92 Å². The van der Waals surface area contributed by atoms with Crippen molar-refractivity contribution in [2.24, 2.45) is 5.92 Å². The monoisotopic (exact) mass is 435 g/mol. The quantitative estimate of drug-likeness (QED) is 0.623. The van der Waals surface area contributed by atoms with E-state index in [9.17, 15) is 19.2 Å². The van der Waals surface area contributed by atoms with Gasteiger partial charge in [0.15, 0.2) is 0 Å². The van der Waals surface area contributed by atoms with Crippen LogP contribution in [-0.2, 0) is 17.9 Å². The average molecular weight is 435 g/mol. The summed E-state index contributed by atoms with van der Waals surface area (Å²) in [6.07, 6.45) is 3.16. The highest BCUT2D eigenvalue weighted by molar-refractivity contribution is 5.76. The Hall–Kier alpha value is -3.75. The molecule has 0 saturated carbocycles. The molecule has 1 saturated heterocycles. The molecule has 0 aliphatic carbocycles. The van der Waals surface area contributed by atoms with Gasteiger partial charge in [-0.05, 0) is 24.8 Å². The van der Waals surface area contributed by atoms with Gasteiger partial charge in [0.1, 0.15) is 0 Å². The highest BCUT2D eigenvalue weighted by Gasteiger charge is 2.23. The van der Waals surface area contributed by atoms with Crippen molar-refractivity contribution in [3.8, 4) is 11.3 Å². The number of nitrogens with one attached hydrogen (secondary N) is 1. The molecule has 2 aromatic heterocycles. The number of rotatable bonds is 6. The van der Waals surface area contributed by atoms with Crippen molar-refractivity contribution in [3.63, 3.8) is 0 Å². The van der Waals surface area contributed by atoms with E-state index in [1.807, 2.05) is 30.3 Å². The smallest absolute Gasteiger partial charge is 0.328 e. The minimum Gasteiger partial charge on any atom is -0.343 e. The Morgan fingerprint density at radius 1 is 1.00 bits per heavy atom. The molecule has 0 bridgehead atoms. The molecule has 32 heavy (non-hydrogen) atoms. The fourth-order valence-electron chi connectivity index (χ4n) is 3.95. The maximum Gasteiger partial charge on any atom is 0.328 e. The largest absolute Gasteiger partial charge is 0.343 e. The first-order valence-corrected chi connectivity index (χ1v) is 10.7. The Bertz CT molecular complexity index is 1250. The molecule has 0 radical (unpaired) electrons. The van der Waals surface area contributed by atoms with E-state index < -0.39 is 11.2 Å². The second kappa shape index (κ2) is 9.59. The van der Waals surface area contributed by atoms with E-state index in [0.29, 0.717) is 19.6 Å². The third kappa shape index (κ3) is 5.11. The molecular formula is C23H25N5O4. The molecule has 1 aromatic carbocycles. The van der Waals surface area contributed by atoms with Crippen LogP contribution in [0.5, 0.6) is 0 Å². The number of aryl methyl sites for hydroxylation is 1. The maximum atomic E-state index is 12.5. The summed E-state index contributed by atoms with van der Waals surface area (Å²) < 4.78 is 2.84. The molecule has 0 spiro atoms. The molecule has 9 nitrogen and oxygen atoms in total. The van der Waals surface area contributed by atoms with Gasteiger partial charge in [0.05, 0.1) is 5.69 Å². The number of aromatic amines is 1. The van der Waals surface area contributed by atoms with Crippen molar-refractivity contribution in [3.05, 3.63) is 85.9 Å². The van der Waals surface area contributed by atoms with E-state index in [-0.39, 0.29) is 30.3 Å². The van der Waals surface area contributed by atoms with E-state index in [4.69, 9.17) is 0 Å². The fourth-order valence-corrected chi connectivity index (χ4v) is 3.95. The molecule has 3 aromatic rings. The highest BCUT2D eigenvalue weighted by Crippen LogP contribution is 2.20. The summed E-state index contributed by atoms with van der Waals surface area (Å²) in [5, 5.41) is 4.53. The summed E-state index contributed by atoms with van der Waals surface area (Å²) >= 11 is 0. The lowest BCUT2D eigenvalue weighted by atomic mass is 9.96.